The second-order valence-electron chi connectivity index (χ2n) is 5.24. The molecule has 0 aromatic heterocycles. The van der Waals surface area contributed by atoms with E-state index in [2.05, 4.69) is 26.1 Å². The Morgan fingerprint density at radius 2 is 2.17 bits per heavy atom. The number of hydrogen-bond donors (Lipinski definition) is 1. The van der Waals surface area contributed by atoms with Crippen molar-refractivity contribution in [1.82, 2.24) is 5.32 Å². The summed E-state index contributed by atoms with van der Waals surface area (Å²) in [6.45, 7) is 7.15. The summed E-state index contributed by atoms with van der Waals surface area (Å²) in [5.74, 6) is 1.76. The van der Waals surface area contributed by atoms with Crippen LogP contribution >= 0.6 is 0 Å². The van der Waals surface area contributed by atoms with Crippen LogP contribution in [-0.4, -0.2) is 11.6 Å². The summed E-state index contributed by atoms with van der Waals surface area (Å²) >= 11 is 0. The maximum atomic E-state index is 3.83. The summed E-state index contributed by atoms with van der Waals surface area (Å²) in [6.07, 6.45) is 5.65. The average Bonchev–Trinajstić information content (AvgIpc) is 2.28. The highest BCUT2D eigenvalue weighted by Gasteiger charge is 2.45. The summed E-state index contributed by atoms with van der Waals surface area (Å²) in [7, 11) is 0. The highest BCUT2D eigenvalue weighted by atomic mass is 15.1. The van der Waals surface area contributed by atoms with Crippen molar-refractivity contribution in [3.8, 4) is 0 Å². The average molecular weight is 167 g/mol. The minimum absolute atomic E-state index is 0.516. The van der Waals surface area contributed by atoms with Crippen molar-refractivity contribution in [1.29, 1.82) is 0 Å². The van der Waals surface area contributed by atoms with Gasteiger partial charge >= 0.3 is 0 Å². The summed E-state index contributed by atoms with van der Waals surface area (Å²) in [5.41, 5.74) is 0.516. The number of piperidine rings is 1. The van der Waals surface area contributed by atoms with E-state index in [0.29, 0.717) is 5.54 Å². The van der Waals surface area contributed by atoms with E-state index in [1.54, 1.807) is 0 Å². The zero-order valence-corrected chi connectivity index (χ0v) is 8.56. The second-order valence-corrected chi connectivity index (χ2v) is 5.24. The van der Waals surface area contributed by atoms with E-state index in [4.69, 9.17) is 0 Å². The van der Waals surface area contributed by atoms with Crippen molar-refractivity contribution in [2.75, 3.05) is 0 Å². The van der Waals surface area contributed by atoms with Gasteiger partial charge in [-0.25, -0.2) is 0 Å². The Balaban J connectivity index is 2.16. The van der Waals surface area contributed by atoms with Gasteiger partial charge in [-0.3, -0.25) is 0 Å². The largest absolute Gasteiger partial charge is 0.308 e. The lowest BCUT2D eigenvalue weighted by atomic mass is 9.77. The molecular weight excluding hydrogens is 146 g/mol. The lowest BCUT2D eigenvalue weighted by Gasteiger charge is -2.41. The third-order valence-corrected chi connectivity index (χ3v) is 3.94. The lowest BCUT2D eigenvalue weighted by Crippen LogP contribution is -2.52. The van der Waals surface area contributed by atoms with Crippen molar-refractivity contribution >= 4 is 0 Å². The maximum absolute atomic E-state index is 3.83. The SMILES string of the molecule is CC1CC2CCC(C(C)C)(C1)N2. The van der Waals surface area contributed by atoms with Gasteiger partial charge in [0.15, 0.2) is 0 Å². The van der Waals surface area contributed by atoms with E-state index >= 15 is 0 Å². The van der Waals surface area contributed by atoms with E-state index in [-0.39, 0.29) is 0 Å². The Morgan fingerprint density at radius 3 is 2.83 bits per heavy atom. The van der Waals surface area contributed by atoms with Gasteiger partial charge in [0.05, 0.1) is 0 Å². The topological polar surface area (TPSA) is 12.0 Å². The van der Waals surface area contributed by atoms with E-state index < -0.39 is 0 Å². The Kier molecular flexibility index (Phi) is 1.95. The first kappa shape index (κ1) is 8.55. The van der Waals surface area contributed by atoms with E-state index in [1.807, 2.05) is 0 Å². The molecule has 2 rings (SSSR count). The minimum Gasteiger partial charge on any atom is -0.308 e. The molecule has 0 aliphatic carbocycles. The predicted octanol–water partition coefficient (Wildman–Crippen LogP) is 2.56. The Morgan fingerprint density at radius 1 is 1.42 bits per heavy atom. The first-order valence-electron chi connectivity index (χ1n) is 5.40. The van der Waals surface area contributed by atoms with Crippen LogP contribution in [-0.2, 0) is 0 Å². The fourth-order valence-corrected chi connectivity index (χ4v) is 3.20. The van der Waals surface area contributed by atoms with Crippen LogP contribution < -0.4 is 5.32 Å². The molecule has 1 nitrogen and oxygen atoms in total. The molecule has 3 unspecified atom stereocenters. The molecule has 1 N–H and O–H groups in total. The molecule has 0 saturated carbocycles. The Hall–Kier alpha value is -0.0400. The minimum atomic E-state index is 0.516. The monoisotopic (exact) mass is 167 g/mol. The maximum Gasteiger partial charge on any atom is 0.0210 e. The summed E-state index contributed by atoms with van der Waals surface area (Å²) < 4.78 is 0. The van der Waals surface area contributed by atoms with Crippen LogP contribution in [0.4, 0.5) is 0 Å². The van der Waals surface area contributed by atoms with Crippen LogP contribution in [0.5, 0.6) is 0 Å². The third kappa shape index (κ3) is 1.19. The number of fused-ring (bicyclic) bond motifs is 2. The molecule has 1 heteroatoms. The molecule has 2 saturated heterocycles. The van der Waals surface area contributed by atoms with Crippen LogP contribution in [0.2, 0.25) is 0 Å². The molecule has 2 fully saturated rings. The van der Waals surface area contributed by atoms with Gasteiger partial charge in [0, 0.05) is 11.6 Å². The third-order valence-electron chi connectivity index (χ3n) is 3.94. The predicted molar refractivity (Wildman–Crippen MR) is 52.1 cm³/mol. The highest BCUT2D eigenvalue weighted by molar-refractivity contribution is 5.04. The van der Waals surface area contributed by atoms with Gasteiger partial charge in [-0.15, -0.1) is 0 Å². The van der Waals surface area contributed by atoms with Crippen molar-refractivity contribution in [3.63, 3.8) is 0 Å². The molecule has 2 bridgehead atoms. The van der Waals surface area contributed by atoms with Crippen molar-refractivity contribution < 1.29 is 0 Å². The molecule has 2 aliphatic rings. The quantitative estimate of drug-likeness (QED) is 0.633. The zero-order valence-electron chi connectivity index (χ0n) is 8.56. The molecule has 2 heterocycles. The Bertz CT molecular complexity index is 176. The fraction of sp³-hybridized carbons (Fsp3) is 1.00. The summed E-state index contributed by atoms with van der Waals surface area (Å²) in [6, 6.07) is 0.844. The molecule has 2 aliphatic heterocycles. The normalized spacial score (nSPS) is 47.0. The van der Waals surface area contributed by atoms with Crippen LogP contribution in [0.3, 0.4) is 0 Å². The van der Waals surface area contributed by atoms with Gasteiger partial charge in [0.1, 0.15) is 0 Å². The van der Waals surface area contributed by atoms with E-state index in [0.717, 1.165) is 17.9 Å². The molecule has 0 spiro atoms. The van der Waals surface area contributed by atoms with Crippen molar-refractivity contribution in [2.24, 2.45) is 11.8 Å². The van der Waals surface area contributed by atoms with Gasteiger partial charge < -0.3 is 5.32 Å². The number of rotatable bonds is 1. The number of hydrogen-bond acceptors (Lipinski definition) is 1. The van der Waals surface area contributed by atoms with Gasteiger partial charge in [-0.05, 0) is 37.5 Å². The van der Waals surface area contributed by atoms with Gasteiger partial charge in [-0.2, -0.15) is 0 Å². The summed E-state index contributed by atoms with van der Waals surface area (Å²) in [5, 5.41) is 3.83. The van der Waals surface area contributed by atoms with Gasteiger partial charge in [-0.1, -0.05) is 20.8 Å². The smallest absolute Gasteiger partial charge is 0.0210 e. The zero-order chi connectivity index (χ0) is 8.77. The van der Waals surface area contributed by atoms with Crippen LogP contribution in [0.25, 0.3) is 0 Å². The van der Waals surface area contributed by atoms with E-state index in [1.165, 1.54) is 25.7 Å². The first-order valence-corrected chi connectivity index (χ1v) is 5.40. The molecule has 0 radical (unpaired) electrons. The van der Waals surface area contributed by atoms with Crippen LogP contribution in [0.1, 0.15) is 46.5 Å². The van der Waals surface area contributed by atoms with E-state index in [9.17, 15) is 0 Å². The molecule has 3 atom stereocenters. The lowest BCUT2D eigenvalue weighted by molar-refractivity contribution is 0.165. The second kappa shape index (κ2) is 2.73. The van der Waals surface area contributed by atoms with Crippen LogP contribution in [0.15, 0.2) is 0 Å². The van der Waals surface area contributed by atoms with Crippen molar-refractivity contribution in [2.45, 2.75) is 58.0 Å². The molecule has 0 aromatic rings. The molecule has 0 aromatic carbocycles. The standard InChI is InChI=1S/C11H21N/c1-8(2)11-5-4-10(12-11)6-9(3)7-11/h8-10,12H,4-7H2,1-3H3. The first-order chi connectivity index (χ1) is 5.62. The molecular formula is C11H21N. The van der Waals surface area contributed by atoms with Crippen LogP contribution in [0, 0.1) is 11.8 Å². The fourth-order valence-electron chi connectivity index (χ4n) is 3.20. The number of nitrogens with one attached hydrogen (secondary N) is 1. The van der Waals surface area contributed by atoms with Gasteiger partial charge in [0.2, 0.25) is 0 Å². The molecule has 70 valence electrons. The van der Waals surface area contributed by atoms with Gasteiger partial charge in [0.25, 0.3) is 0 Å². The molecule has 12 heavy (non-hydrogen) atoms. The highest BCUT2D eigenvalue weighted by Crippen LogP contribution is 2.42. The molecule has 0 amide bonds. The Labute approximate surface area is 75.9 Å². The van der Waals surface area contributed by atoms with Crippen molar-refractivity contribution in [3.05, 3.63) is 0 Å². The summed E-state index contributed by atoms with van der Waals surface area (Å²) in [4.78, 5) is 0.